The van der Waals surface area contributed by atoms with Gasteiger partial charge in [0.1, 0.15) is 23.0 Å². The van der Waals surface area contributed by atoms with Crippen LogP contribution in [0.1, 0.15) is 29.0 Å². The summed E-state index contributed by atoms with van der Waals surface area (Å²) in [4.78, 5) is 27.1. The van der Waals surface area contributed by atoms with E-state index < -0.39 is 0 Å². The van der Waals surface area contributed by atoms with Crippen LogP contribution in [0.25, 0.3) is 11.0 Å². The van der Waals surface area contributed by atoms with Crippen molar-refractivity contribution in [3.63, 3.8) is 0 Å². The van der Waals surface area contributed by atoms with E-state index in [9.17, 15) is 9.90 Å². The van der Waals surface area contributed by atoms with Crippen LogP contribution in [-0.4, -0.2) is 38.9 Å². The lowest BCUT2D eigenvalue weighted by molar-refractivity contribution is 0.0900. The Hall–Kier alpha value is -2.89. The molecule has 3 heterocycles. The second-order valence-electron chi connectivity index (χ2n) is 6.51. The quantitative estimate of drug-likeness (QED) is 0.718. The van der Waals surface area contributed by atoms with E-state index in [0.29, 0.717) is 5.56 Å². The molecule has 2 aromatic heterocycles. The average molecular weight is 336 g/mol. The zero-order valence-corrected chi connectivity index (χ0v) is 14.1. The van der Waals surface area contributed by atoms with Gasteiger partial charge in [0.05, 0.1) is 5.39 Å². The number of phenols is 1. The highest BCUT2D eigenvalue weighted by molar-refractivity contribution is 5.98. The van der Waals surface area contributed by atoms with Gasteiger partial charge in [-0.05, 0) is 50.1 Å². The van der Waals surface area contributed by atoms with Crippen molar-refractivity contribution in [3.05, 3.63) is 47.9 Å². The molecule has 0 aliphatic carbocycles. The normalized spacial score (nSPS) is 15.6. The Balaban J connectivity index is 1.50. The number of rotatable bonds is 3. The van der Waals surface area contributed by atoms with Crippen LogP contribution in [0.15, 0.2) is 36.5 Å². The number of hydrogen-bond donors (Lipinski definition) is 2. The fourth-order valence-corrected chi connectivity index (χ4v) is 3.49. The van der Waals surface area contributed by atoms with Crippen molar-refractivity contribution < 1.29 is 9.90 Å². The zero-order chi connectivity index (χ0) is 17.4. The van der Waals surface area contributed by atoms with Crippen LogP contribution in [0.5, 0.6) is 5.75 Å². The van der Waals surface area contributed by atoms with Gasteiger partial charge in [0, 0.05) is 30.8 Å². The van der Waals surface area contributed by atoms with Crippen molar-refractivity contribution in [1.29, 1.82) is 0 Å². The van der Waals surface area contributed by atoms with Crippen molar-refractivity contribution in [2.24, 2.45) is 5.92 Å². The molecule has 2 N–H and O–H groups in total. The van der Waals surface area contributed by atoms with Crippen molar-refractivity contribution in [2.45, 2.75) is 19.8 Å². The number of H-pyrrole nitrogens is 1. The molecule has 0 amide bonds. The number of aromatic hydroxyl groups is 1. The summed E-state index contributed by atoms with van der Waals surface area (Å²) in [5, 5.41) is 10.4. The highest BCUT2D eigenvalue weighted by Crippen LogP contribution is 2.29. The third-order valence-corrected chi connectivity index (χ3v) is 4.82. The molecule has 6 nitrogen and oxygen atoms in total. The van der Waals surface area contributed by atoms with Crippen LogP contribution < -0.4 is 4.90 Å². The number of aryl methyl sites for hydroxylation is 1. The van der Waals surface area contributed by atoms with Crippen LogP contribution in [0.4, 0.5) is 5.82 Å². The fraction of sp³-hybridized carbons (Fsp3) is 0.316. The van der Waals surface area contributed by atoms with Gasteiger partial charge in [-0.25, -0.2) is 9.97 Å². The average Bonchev–Trinajstić information content (AvgIpc) is 3.09. The van der Waals surface area contributed by atoms with Gasteiger partial charge in [0.25, 0.3) is 0 Å². The largest absolute Gasteiger partial charge is 0.508 e. The molecule has 3 aromatic rings. The number of Topliss-reactive ketones (excluding diaryl/α,β-unsaturated/α-hetero) is 1. The van der Waals surface area contributed by atoms with Gasteiger partial charge < -0.3 is 15.0 Å². The minimum absolute atomic E-state index is 0.0189. The Kier molecular flexibility index (Phi) is 3.87. The number of phenolic OH excluding ortho intramolecular Hbond substituents is 1. The molecule has 6 heteroatoms. The third kappa shape index (κ3) is 2.95. The number of anilines is 1. The van der Waals surface area contributed by atoms with Gasteiger partial charge in [-0.2, -0.15) is 0 Å². The van der Waals surface area contributed by atoms with Gasteiger partial charge in [0.2, 0.25) is 0 Å². The molecular formula is C19H20N4O2. The minimum Gasteiger partial charge on any atom is -0.508 e. The number of fused-ring (bicyclic) bond motifs is 1. The summed E-state index contributed by atoms with van der Waals surface area (Å²) in [7, 11) is 0. The first-order chi connectivity index (χ1) is 12.1. The lowest BCUT2D eigenvalue weighted by Gasteiger charge is -2.32. The highest BCUT2D eigenvalue weighted by Gasteiger charge is 2.27. The van der Waals surface area contributed by atoms with Gasteiger partial charge in [-0.3, -0.25) is 4.79 Å². The molecule has 1 aliphatic rings. The maximum absolute atomic E-state index is 12.6. The molecular weight excluding hydrogens is 316 g/mol. The van der Waals surface area contributed by atoms with Crippen LogP contribution in [0, 0.1) is 12.8 Å². The number of aromatic nitrogens is 3. The van der Waals surface area contributed by atoms with E-state index in [4.69, 9.17) is 0 Å². The van der Waals surface area contributed by atoms with Gasteiger partial charge in [0.15, 0.2) is 5.78 Å². The third-order valence-electron chi connectivity index (χ3n) is 4.82. The van der Waals surface area contributed by atoms with Crippen molar-refractivity contribution in [2.75, 3.05) is 18.0 Å². The number of ketones is 1. The summed E-state index contributed by atoms with van der Waals surface area (Å²) in [6.45, 7) is 3.49. The molecule has 0 spiro atoms. The Labute approximate surface area is 145 Å². The number of carbonyl (C=O) groups excluding carboxylic acids is 1. The Morgan fingerprint density at radius 3 is 2.60 bits per heavy atom. The molecule has 0 saturated carbocycles. The lowest BCUT2D eigenvalue weighted by atomic mass is 9.89. The summed E-state index contributed by atoms with van der Waals surface area (Å²) >= 11 is 0. The predicted octanol–water partition coefficient (Wildman–Crippen LogP) is 3.07. The van der Waals surface area contributed by atoms with E-state index >= 15 is 0 Å². The molecule has 128 valence electrons. The monoisotopic (exact) mass is 336 g/mol. The summed E-state index contributed by atoms with van der Waals surface area (Å²) in [5.41, 5.74) is 1.52. The number of aromatic amines is 1. The maximum atomic E-state index is 12.6. The van der Waals surface area contributed by atoms with E-state index in [1.54, 1.807) is 24.3 Å². The summed E-state index contributed by atoms with van der Waals surface area (Å²) in [6.07, 6.45) is 3.48. The standard InChI is InChI=1S/C19H20N4O2/c1-12-21-18-16(6-9-20-18)19(22-12)23-10-7-14(8-11-23)17(25)13-2-4-15(24)5-3-13/h2-6,9,14,24H,7-8,10-11H2,1H3,(H,20,21,22). The van der Waals surface area contributed by atoms with Crippen LogP contribution in [0.3, 0.4) is 0 Å². The zero-order valence-electron chi connectivity index (χ0n) is 14.1. The molecule has 0 radical (unpaired) electrons. The van der Waals surface area contributed by atoms with Crippen molar-refractivity contribution >= 4 is 22.6 Å². The number of benzene rings is 1. The van der Waals surface area contributed by atoms with E-state index in [2.05, 4.69) is 19.9 Å². The van der Waals surface area contributed by atoms with Gasteiger partial charge >= 0.3 is 0 Å². The second-order valence-corrected chi connectivity index (χ2v) is 6.51. The molecule has 1 fully saturated rings. The van der Waals surface area contributed by atoms with Crippen molar-refractivity contribution in [3.8, 4) is 5.75 Å². The number of nitrogens with one attached hydrogen (secondary N) is 1. The first-order valence-corrected chi connectivity index (χ1v) is 8.52. The number of nitrogens with zero attached hydrogens (tertiary/aromatic N) is 3. The van der Waals surface area contributed by atoms with Crippen LogP contribution in [-0.2, 0) is 0 Å². The Bertz CT molecular complexity index is 909. The van der Waals surface area contributed by atoms with E-state index in [-0.39, 0.29) is 17.5 Å². The Morgan fingerprint density at radius 1 is 1.16 bits per heavy atom. The van der Waals surface area contributed by atoms with Crippen LogP contribution in [0.2, 0.25) is 0 Å². The fourth-order valence-electron chi connectivity index (χ4n) is 3.49. The number of piperidine rings is 1. The minimum atomic E-state index is 0.0189. The molecule has 1 aromatic carbocycles. The van der Waals surface area contributed by atoms with Gasteiger partial charge in [-0.1, -0.05) is 0 Å². The predicted molar refractivity (Wildman–Crippen MR) is 96.0 cm³/mol. The van der Waals surface area contributed by atoms with Gasteiger partial charge in [-0.15, -0.1) is 0 Å². The highest BCUT2D eigenvalue weighted by atomic mass is 16.3. The summed E-state index contributed by atoms with van der Waals surface area (Å²) in [6, 6.07) is 8.52. The SMILES string of the molecule is Cc1nc(N2CCC(C(=O)c3ccc(O)cc3)CC2)c2cc[nH]c2n1. The van der Waals surface area contributed by atoms with Crippen LogP contribution >= 0.6 is 0 Å². The number of carbonyl (C=O) groups is 1. The summed E-state index contributed by atoms with van der Waals surface area (Å²) in [5.74, 6) is 2.04. The molecule has 1 saturated heterocycles. The first kappa shape index (κ1) is 15.6. The smallest absolute Gasteiger partial charge is 0.166 e. The molecule has 4 rings (SSSR count). The molecule has 0 atom stereocenters. The maximum Gasteiger partial charge on any atom is 0.166 e. The second kappa shape index (κ2) is 6.20. The molecule has 0 bridgehead atoms. The summed E-state index contributed by atoms with van der Waals surface area (Å²) < 4.78 is 0. The molecule has 25 heavy (non-hydrogen) atoms. The lowest BCUT2D eigenvalue weighted by Crippen LogP contribution is -2.37. The van der Waals surface area contributed by atoms with E-state index in [0.717, 1.165) is 48.6 Å². The van der Waals surface area contributed by atoms with Crippen molar-refractivity contribution in [1.82, 2.24) is 15.0 Å². The first-order valence-electron chi connectivity index (χ1n) is 8.52. The van der Waals surface area contributed by atoms with E-state index in [1.807, 2.05) is 19.2 Å². The molecule has 1 aliphatic heterocycles. The topological polar surface area (TPSA) is 82.1 Å². The Morgan fingerprint density at radius 2 is 1.88 bits per heavy atom. The van der Waals surface area contributed by atoms with E-state index in [1.165, 1.54) is 0 Å². The molecule has 0 unspecified atom stereocenters. The number of hydrogen-bond acceptors (Lipinski definition) is 5.